The Balaban J connectivity index is 1.72. The third-order valence-corrected chi connectivity index (χ3v) is 5.90. The van der Waals surface area contributed by atoms with Gasteiger partial charge in [-0.05, 0) is 54.4 Å². The number of nitrogens with zero attached hydrogens (tertiary/aromatic N) is 1. The zero-order chi connectivity index (χ0) is 21.7. The number of hydrogen-bond donors (Lipinski definition) is 4. The van der Waals surface area contributed by atoms with Crippen molar-refractivity contribution >= 4 is 22.5 Å². The Morgan fingerprint density at radius 2 is 1.90 bits per heavy atom. The third kappa shape index (κ3) is 3.11. The molecule has 0 saturated heterocycles. The zero-order valence-electron chi connectivity index (χ0n) is 16.5. The number of nitrogens with one attached hydrogen (secondary N) is 3. The van der Waals surface area contributed by atoms with Crippen molar-refractivity contribution in [2.75, 3.05) is 13.7 Å². The molecule has 0 radical (unpaired) electrons. The van der Waals surface area contributed by atoms with E-state index in [4.69, 9.17) is 16.3 Å². The predicted molar refractivity (Wildman–Crippen MR) is 118 cm³/mol. The van der Waals surface area contributed by atoms with E-state index in [0.717, 1.165) is 38.9 Å². The average molecular weight is 439 g/mol. The fourth-order valence-corrected chi connectivity index (χ4v) is 4.33. The molecule has 158 valence electrons. The first-order valence-electron chi connectivity index (χ1n) is 9.74. The van der Waals surface area contributed by atoms with E-state index >= 15 is 0 Å². The van der Waals surface area contributed by atoms with Crippen molar-refractivity contribution in [1.29, 1.82) is 0 Å². The minimum absolute atomic E-state index is 0.0639. The highest BCUT2D eigenvalue weighted by atomic mass is 35.5. The largest absolute Gasteiger partial charge is 0.497 e. The Bertz CT molecular complexity index is 1420. The van der Waals surface area contributed by atoms with E-state index in [0.29, 0.717) is 17.3 Å². The number of fused-ring (bicyclic) bond motifs is 3. The number of ether oxygens (including phenoxy) is 1. The number of H-pyrrole nitrogens is 2. The molecule has 8 nitrogen and oxygen atoms in total. The highest BCUT2D eigenvalue weighted by Crippen LogP contribution is 2.36. The summed E-state index contributed by atoms with van der Waals surface area (Å²) in [7, 11) is 1.61. The molecular formula is C22H19ClN4O4. The molecule has 4 aromatic rings. The predicted octanol–water partition coefficient (Wildman–Crippen LogP) is 2.61. The number of methoxy groups -OCH3 is 1. The van der Waals surface area contributed by atoms with E-state index in [9.17, 15) is 14.7 Å². The van der Waals surface area contributed by atoms with Crippen LogP contribution in [-0.2, 0) is 6.42 Å². The molecule has 4 N–H and O–H groups in total. The van der Waals surface area contributed by atoms with Crippen molar-refractivity contribution in [2.24, 2.45) is 0 Å². The molecule has 0 fully saturated rings. The first kappa shape index (κ1) is 19.5. The molecule has 3 heterocycles. The Kier molecular flexibility index (Phi) is 4.60. The first-order valence-corrected chi connectivity index (χ1v) is 10.1. The number of rotatable bonds is 3. The molecule has 0 aliphatic carbocycles. The highest BCUT2D eigenvalue weighted by Gasteiger charge is 2.31. The first-order chi connectivity index (χ1) is 15.0. The van der Waals surface area contributed by atoms with Crippen LogP contribution < -0.4 is 21.3 Å². The summed E-state index contributed by atoms with van der Waals surface area (Å²) in [6.07, 6.45) is 0.745. The molecule has 0 spiro atoms. The van der Waals surface area contributed by atoms with E-state index in [1.54, 1.807) is 31.4 Å². The zero-order valence-corrected chi connectivity index (χ0v) is 17.3. The maximum atomic E-state index is 12.8. The standard InChI is InChI=1S/C22H19ClN4O4/c1-31-13-6-7-16-15(10-13)14-8-9-24-19(18(14)25-16)17-20(28)26-22(30)27(21(17)29)12-4-2-11(23)3-5-12/h2-7,10,19,24-25,29H,8-9H2,1H3,(H,26,28,30). The summed E-state index contributed by atoms with van der Waals surface area (Å²) in [5, 5.41) is 15.8. The smallest absolute Gasteiger partial charge is 0.335 e. The van der Waals surface area contributed by atoms with E-state index in [1.165, 1.54) is 0 Å². The summed E-state index contributed by atoms with van der Waals surface area (Å²) in [6, 6.07) is 11.5. The molecule has 1 aliphatic rings. The number of aromatic amines is 2. The monoisotopic (exact) mass is 438 g/mol. The van der Waals surface area contributed by atoms with Gasteiger partial charge in [0, 0.05) is 28.2 Å². The van der Waals surface area contributed by atoms with Crippen LogP contribution in [0.3, 0.4) is 0 Å². The SMILES string of the molecule is COc1ccc2[nH]c3c(c2c1)CCNC3c1c(O)n(-c2ccc(Cl)cc2)c(=O)[nH]c1=O. The fraction of sp³-hybridized carbons (Fsp3) is 0.182. The molecule has 0 saturated carbocycles. The van der Waals surface area contributed by atoms with Gasteiger partial charge in [0.15, 0.2) is 0 Å². The van der Waals surface area contributed by atoms with Gasteiger partial charge in [-0.3, -0.25) is 9.78 Å². The second-order valence-electron chi connectivity index (χ2n) is 7.37. The Morgan fingerprint density at radius 3 is 2.65 bits per heavy atom. The molecule has 0 amide bonds. The normalized spacial score (nSPS) is 15.7. The fourth-order valence-electron chi connectivity index (χ4n) is 4.21. The van der Waals surface area contributed by atoms with Crippen LogP contribution in [0, 0.1) is 0 Å². The molecule has 1 aliphatic heterocycles. The van der Waals surface area contributed by atoms with Crippen LogP contribution in [0.2, 0.25) is 5.02 Å². The van der Waals surface area contributed by atoms with E-state index in [1.807, 2.05) is 18.2 Å². The van der Waals surface area contributed by atoms with Gasteiger partial charge >= 0.3 is 5.69 Å². The maximum absolute atomic E-state index is 12.8. The Hall–Kier alpha value is -3.49. The van der Waals surface area contributed by atoms with Crippen molar-refractivity contribution in [3.05, 3.63) is 85.1 Å². The lowest BCUT2D eigenvalue weighted by molar-refractivity contribution is 0.409. The Labute approximate surface area is 181 Å². The minimum atomic E-state index is -0.731. The van der Waals surface area contributed by atoms with Gasteiger partial charge in [0.1, 0.15) is 11.3 Å². The van der Waals surface area contributed by atoms with Gasteiger partial charge in [0.2, 0.25) is 5.88 Å². The van der Waals surface area contributed by atoms with Crippen LogP contribution in [0.4, 0.5) is 0 Å². The van der Waals surface area contributed by atoms with E-state index < -0.39 is 23.2 Å². The molecule has 2 aromatic heterocycles. The number of hydrogen-bond acceptors (Lipinski definition) is 5. The molecule has 31 heavy (non-hydrogen) atoms. The van der Waals surface area contributed by atoms with Crippen LogP contribution in [-0.4, -0.2) is 33.3 Å². The summed E-state index contributed by atoms with van der Waals surface area (Å²) in [5.74, 6) is 0.319. The van der Waals surface area contributed by atoms with E-state index in [-0.39, 0.29) is 5.56 Å². The van der Waals surface area contributed by atoms with Crippen LogP contribution in [0.1, 0.15) is 22.9 Å². The van der Waals surface area contributed by atoms with Crippen LogP contribution >= 0.6 is 11.6 Å². The van der Waals surface area contributed by atoms with Crippen molar-refractivity contribution in [2.45, 2.75) is 12.5 Å². The molecule has 1 atom stereocenters. The minimum Gasteiger partial charge on any atom is -0.497 e. The summed E-state index contributed by atoms with van der Waals surface area (Å²) < 4.78 is 6.41. The third-order valence-electron chi connectivity index (χ3n) is 5.65. The van der Waals surface area contributed by atoms with Crippen LogP contribution in [0.5, 0.6) is 11.6 Å². The van der Waals surface area contributed by atoms with Gasteiger partial charge in [-0.25, -0.2) is 9.36 Å². The van der Waals surface area contributed by atoms with Gasteiger partial charge in [0.25, 0.3) is 5.56 Å². The number of halogens is 1. The second kappa shape index (κ2) is 7.33. The lowest BCUT2D eigenvalue weighted by atomic mass is 9.95. The average Bonchev–Trinajstić information content (AvgIpc) is 3.13. The van der Waals surface area contributed by atoms with Gasteiger partial charge in [-0.2, -0.15) is 0 Å². The summed E-state index contributed by atoms with van der Waals surface area (Å²) in [4.78, 5) is 31.0. The highest BCUT2D eigenvalue weighted by molar-refractivity contribution is 6.30. The molecule has 0 bridgehead atoms. The lowest BCUT2D eigenvalue weighted by Crippen LogP contribution is -2.38. The molecule has 5 rings (SSSR count). The molecular weight excluding hydrogens is 420 g/mol. The molecule has 9 heteroatoms. The summed E-state index contributed by atoms with van der Waals surface area (Å²) >= 11 is 5.94. The van der Waals surface area contributed by atoms with Crippen molar-refractivity contribution in [1.82, 2.24) is 19.9 Å². The number of benzene rings is 2. The quantitative estimate of drug-likeness (QED) is 0.393. The Morgan fingerprint density at radius 1 is 1.13 bits per heavy atom. The summed E-state index contributed by atoms with van der Waals surface area (Å²) in [6.45, 7) is 0.598. The maximum Gasteiger partial charge on any atom is 0.335 e. The van der Waals surface area contributed by atoms with Crippen molar-refractivity contribution in [3.63, 3.8) is 0 Å². The van der Waals surface area contributed by atoms with Gasteiger partial charge < -0.3 is 20.1 Å². The van der Waals surface area contributed by atoms with Crippen LogP contribution in [0.25, 0.3) is 16.6 Å². The van der Waals surface area contributed by atoms with Crippen molar-refractivity contribution < 1.29 is 9.84 Å². The molecule has 2 aromatic carbocycles. The number of aromatic nitrogens is 3. The van der Waals surface area contributed by atoms with Gasteiger partial charge in [-0.15, -0.1) is 0 Å². The number of aromatic hydroxyl groups is 1. The van der Waals surface area contributed by atoms with Crippen molar-refractivity contribution in [3.8, 4) is 17.3 Å². The topological polar surface area (TPSA) is 112 Å². The van der Waals surface area contributed by atoms with Gasteiger partial charge in [-0.1, -0.05) is 11.6 Å². The van der Waals surface area contributed by atoms with E-state index in [2.05, 4.69) is 15.3 Å². The van der Waals surface area contributed by atoms with Crippen LogP contribution in [0.15, 0.2) is 52.1 Å². The molecule has 1 unspecified atom stereocenters. The van der Waals surface area contributed by atoms with Gasteiger partial charge in [0.05, 0.1) is 18.8 Å². The summed E-state index contributed by atoms with van der Waals surface area (Å²) in [5.41, 5.74) is 1.80. The lowest BCUT2D eigenvalue weighted by Gasteiger charge is -2.25. The second-order valence-corrected chi connectivity index (χ2v) is 7.81.